The van der Waals surface area contributed by atoms with E-state index >= 15 is 0 Å². The van der Waals surface area contributed by atoms with Crippen LogP contribution >= 0.6 is 27.7 Å². The molecule has 3 nitrogen and oxygen atoms in total. The Balaban J connectivity index is 2.28. The topological polar surface area (TPSA) is 48.1 Å². The molecule has 0 bridgehead atoms. The van der Waals surface area contributed by atoms with Crippen molar-refractivity contribution >= 4 is 33.4 Å². The Morgan fingerprint density at radius 1 is 1.30 bits per heavy atom. The number of pyridine rings is 1. The van der Waals surface area contributed by atoms with Crippen LogP contribution in [0.1, 0.15) is 0 Å². The zero-order valence-electron chi connectivity index (χ0n) is 9.82. The molecule has 0 aliphatic rings. The van der Waals surface area contributed by atoms with Crippen LogP contribution in [0.3, 0.4) is 0 Å². The summed E-state index contributed by atoms with van der Waals surface area (Å²) in [5.41, 5.74) is 5.78. The first-order valence-electron chi connectivity index (χ1n) is 5.29. The quantitative estimate of drug-likeness (QED) is 0.820. The summed E-state index contributed by atoms with van der Waals surface area (Å²) >= 11 is 4.37. The summed E-state index contributed by atoms with van der Waals surface area (Å²) in [5, 5.41) is 0.592. The third kappa shape index (κ3) is 3.80. The molecule has 0 radical (unpaired) electrons. The van der Waals surface area contributed by atoms with Gasteiger partial charge in [-0.15, -0.1) is 0 Å². The van der Waals surface area contributed by atoms with Crippen LogP contribution < -0.4 is 10.5 Å². The highest BCUT2D eigenvalue weighted by Gasteiger charge is 2.14. The van der Waals surface area contributed by atoms with Crippen molar-refractivity contribution in [1.29, 1.82) is 0 Å². The van der Waals surface area contributed by atoms with Crippen LogP contribution in [0.5, 0.6) is 5.75 Å². The Hall–Kier alpha value is -1.41. The van der Waals surface area contributed by atoms with E-state index in [-0.39, 0.29) is 5.69 Å². The smallest absolute Gasteiger partial charge is 0.387 e. The van der Waals surface area contributed by atoms with E-state index in [1.54, 1.807) is 18.3 Å². The minimum absolute atomic E-state index is 0.124. The number of hydrogen-bond donors (Lipinski definition) is 1. The van der Waals surface area contributed by atoms with Gasteiger partial charge in [0.1, 0.15) is 5.03 Å². The fourth-order valence-electron chi connectivity index (χ4n) is 1.36. The molecule has 8 heteroatoms. The van der Waals surface area contributed by atoms with Gasteiger partial charge in [-0.1, -0.05) is 11.8 Å². The minimum atomic E-state index is -3.10. The van der Waals surface area contributed by atoms with E-state index in [0.717, 1.165) is 28.4 Å². The normalized spacial score (nSPS) is 10.8. The lowest BCUT2D eigenvalue weighted by molar-refractivity contribution is -0.0523. The number of halogens is 4. The van der Waals surface area contributed by atoms with Gasteiger partial charge in [0.2, 0.25) is 0 Å². The number of ether oxygens (including phenoxy) is 1. The van der Waals surface area contributed by atoms with Gasteiger partial charge < -0.3 is 10.5 Å². The molecule has 106 valence electrons. The van der Waals surface area contributed by atoms with Crippen LogP contribution in [0.2, 0.25) is 0 Å². The van der Waals surface area contributed by atoms with E-state index < -0.39 is 18.2 Å². The highest BCUT2D eigenvalue weighted by atomic mass is 79.9. The third-order valence-corrected chi connectivity index (χ3v) is 3.69. The molecular formula is C12H8BrF3N2OS. The fourth-order valence-corrected chi connectivity index (χ4v) is 2.40. The van der Waals surface area contributed by atoms with E-state index in [1.165, 1.54) is 0 Å². The van der Waals surface area contributed by atoms with Gasteiger partial charge in [-0.25, -0.2) is 9.37 Å². The Morgan fingerprint density at radius 3 is 2.65 bits per heavy atom. The first kappa shape index (κ1) is 15.0. The number of hydrogen-bond acceptors (Lipinski definition) is 4. The van der Waals surface area contributed by atoms with Gasteiger partial charge in [-0.2, -0.15) is 8.78 Å². The summed E-state index contributed by atoms with van der Waals surface area (Å²) in [7, 11) is 0. The molecule has 0 atom stereocenters. The number of nitrogen functional groups attached to an aromatic ring is 1. The second-order valence-corrected chi connectivity index (χ2v) is 5.59. The van der Waals surface area contributed by atoms with Crippen LogP contribution in [0.15, 0.2) is 44.9 Å². The molecule has 0 saturated heterocycles. The van der Waals surface area contributed by atoms with Crippen LogP contribution in [0, 0.1) is 5.82 Å². The molecule has 0 amide bonds. The number of nitrogens with zero attached hydrogens (tertiary/aromatic N) is 1. The lowest BCUT2D eigenvalue weighted by Crippen LogP contribution is -2.04. The van der Waals surface area contributed by atoms with Crippen LogP contribution in [-0.4, -0.2) is 11.6 Å². The van der Waals surface area contributed by atoms with Gasteiger partial charge in [0, 0.05) is 27.3 Å². The van der Waals surface area contributed by atoms with Crippen LogP contribution in [0.4, 0.5) is 18.9 Å². The molecule has 1 heterocycles. The Labute approximate surface area is 125 Å². The number of nitrogens with two attached hydrogens (primary N) is 1. The van der Waals surface area contributed by atoms with Crippen molar-refractivity contribution in [2.45, 2.75) is 16.5 Å². The average molecular weight is 365 g/mol. The Kier molecular flexibility index (Phi) is 4.77. The Morgan fingerprint density at radius 2 is 2.05 bits per heavy atom. The summed E-state index contributed by atoms with van der Waals surface area (Å²) < 4.78 is 42.6. The molecule has 0 aliphatic heterocycles. The molecule has 1 aromatic heterocycles. The maximum absolute atomic E-state index is 13.4. The summed E-state index contributed by atoms with van der Waals surface area (Å²) in [6.07, 6.45) is 1.58. The van der Waals surface area contributed by atoms with E-state index in [2.05, 4.69) is 25.7 Å². The molecule has 2 N–H and O–H groups in total. The van der Waals surface area contributed by atoms with Gasteiger partial charge in [0.05, 0.1) is 0 Å². The lowest BCUT2D eigenvalue weighted by atomic mass is 10.3. The SMILES string of the molecule is Nc1cc(F)c(OC(F)F)cc1Sc1ccc(Br)cn1. The van der Waals surface area contributed by atoms with Crippen molar-refractivity contribution in [3.8, 4) is 5.75 Å². The fraction of sp³-hybridized carbons (Fsp3) is 0.0833. The highest BCUT2D eigenvalue weighted by Crippen LogP contribution is 2.36. The zero-order valence-corrected chi connectivity index (χ0v) is 12.2. The van der Waals surface area contributed by atoms with Crippen LogP contribution in [-0.2, 0) is 0 Å². The van der Waals surface area contributed by atoms with E-state index in [9.17, 15) is 13.2 Å². The predicted octanol–water partition coefficient (Wildman–Crippen LogP) is 4.32. The van der Waals surface area contributed by atoms with E-state index in [0.29, 0.717) is 9.92 Å². The Bertz CT molecular complexity index is 610. The molecule has 0 unspecified atom stereocenters. The van der Waals surface area contributed by atoms with Crippen molar-refractivity contribution in [3.63, 3.8) is 0 Å². The van der Waals surface area contributed by atoms with Crippen molar-refractivity contribution in [2.75, 3.05) is 5.73 Å². The molecule has 2 aromatic rings. The van der Waals surface area contributed by atoms with Gasteiger partial charge >= 0.3 is 6.61 Å². The molecule has 2 rings (SSSR count). The van der Waals surface area contributed by atoms with Crippen molar-refractivity contribution in [2.24, 2.45) is 0 Å². The number of anilines is 1. The molecular weight excluding hydrogens is 357 g/mol. The number of benzene rings is 1. The monoisotopic (exact) mass is 364 g/mol. The standard InChI is InChI=1S/C12H8BrF3N2OS/c13-6-1-2-11(18-5-6)20-10-4-9(19-12(15)16)7(14)3-8(10)17/h1-5,12H,17H2. The largest absolute Gasteiger partial charge is 0.432 e. The predicted molar refractivity (Wildman–Crippen MR) is 73.5 cm³/mol. The zero-order chi connectivity index (χ0) is 14.7. The van der Waals surface area contributed by atoms with E-state index in [1.807, 2.05) is 0 Å². The molecule has 0 fully saturated rings. The van der Waals surface area contributed by atoms with E-state index in [4.69, 9.17) is 5.73 Å². The lowest BCUT2D eigenvalue weighted by Gasteiger charge is -2.10. The van der Waals surface area contributed by atoms with Crippen molar-refractivity contribution in [3.05, 3.63) is 40.8 Å². The summed E-state index contributed by atoms with van der Waals surface area (Å²) in [4.78, 5) is 4.49. The maximum Gasteiger partial charge on any atom is 0.387 e. The van der Waals surface area contributed by atoms with Crippen molar-refractivity contribution in [1.82, 2.24) is 4.98 Å². The van der Waals surface area contributed by atoms with Gasteiger partial charge in [-0.05, 0) is 34.1 Å². The summed E-state index contributed by atoms with van der Waals surface area (Å²) in [5.74, 6) is -1.48. The molecule has 1 aromatic carbocycles. The highest BCUT2D eigenvalue weighted by molar-refractivity contribution is 9.10. The minimum Gasteiger partial charge on any atom is -0.432 e. The molecule has 20 heavy (non-hydrogen) atoms. The number of aromatic nitrogens is 1. The summed E-state index contributed by atoms with van der Waals surface area (Å²) in [6.45, 7) is -3.10. The number of alkyl halides is 2. The van der Waals surface area contributed by atoms with Gasteiger partial charge in [0.15, 0.2) is 11.6 Å². The molecule has 0 aliphatic carbocycles. The first-order valence-corrected chi connectivity index (χ1v) is 6.90. The second-order valence-electron chi connectivity index (χ2n) is 3.62. The molecule has 0 spiro atoms. The second kappa shape index (κ2) is 6.36. The van der Waals surface area contributed by atoms with Gasteiger partial charge in [-0.3, -0.25) is 0 Å². The van der Waals surface area contributed by atoms with Crippen molar-refractivity contribution < 1.29 is 17.9 Å². The van der Waals surface area contributed by atoms with Crippen LogP contribution in [0.25, 0.3) is 0 Å². The molecule has 0 saturated carbocycles. The maximum atomic E-state index is 13.4. The average Bonchev–Trinajstić information content (AvgIpc) is 2.37. The summed E-state index contributed by atoms with van der Waals surface area (Å²) in [6, 6.07) is 5.56. The number of rotatable bonds is 4. The first-order chi connectivity index (χ1) is 9.45. The third-order valence-electron chi connectivity index (χ3n) is 2.20. The van der Waals surface area contributed by atoms with Gasteiger partial charge in [0.25, 0.3) is 0 Å².